The van der Waals surface area contributed by atoms with E-state index in [1.807, 2.05) is 6.92 Å². The van der Waals surface area contributed by atoms with Crippen molar-refractivity contribution in [1.82, 2.24) is 0 Å². The molecule has 1 nitrogen and oxygen atoms in total. The van der Waals surface area contributed by atoms with Crippen LogP contribution in [-0.4, -0.2) is 13.5 Å². The van der Waals surface area contributed by atoms with Gasteiger partial charge in [0.1, 0.15) is 0 Å². The summed E-state index contributed by atoms with van der Waals surface area (Å²) in [6.45, 7) is 1.97. The maximum atomic E-state index is 11.1. The van der Waals surface area contributed by atoms with Crippen molar-refractivity contribution in [2.75, 3.05) is 13.5 Å². The molecule has 2 heteroatoms. The number of rotatable bonds is 4. The van der Waals surface area contributed by atoms with Gasteiger partial charge in [-0.25, -0.2) is 4.39 Å². The molecule has 0 aromatic carbocycles. The Labute approximate surface area is 43.5 Å². The SMILES string of the molecule is CCCCOCF. The van der Waals surface area contributed by atoms with E-state index in [1.54, 1.807) is 0 Å². The van der Waals surface area contributed by atoms with Crippen LogP contribution < -0.4 is 0 Å². The van der Waals surface area contributed by atoms with Crippen LogP contribution in [0.3, 0.4) is 0 Å². The van der Waals surface area contributed by atoms with Gasteiger partial charge in [0.05, 0.1) is 0 Å². The zero-order valence-corrected chi connectivity index (χ0v) is 4.61. The smallest absolute Gasteiger partial charge is 0.188 e. The summed E-state index contributed by atoms with van der Waals surface area (Å²) in [6.07, 6.45) is 2.03. The van der Waals surface area contributed by atoms with Crippen molar-refractivity contribution in [3.63, 3.8) is 0 Å². The minimum atomic E-state index is -0.639. The van der Waals surface area contributed by atoms with E-state index in [1.165, 1.54) is 0 Å². The van der Waals surface area contributed by atoms with Crippen LogP contribution in [0.4, 0.5) is 4.39 Å². The van der Waals surface area contributed by atoms with Gasteiger partial charge in [-0.15, -0.1) is 0 Å². The Morgan fingerprint density at radius 2 is 2.29 bits per heavy atom. The number of halogens is 1. The summed E-state index contributed by atoms with van der Waals surface area (Å²) in [5, 5.41) is 0. The topological polar surface area (TPSA) is 9.23 Å². The number of hydrogen-bond donors (Lipinski definition) is 0. The zero-order chi connectivity index (χ0) is 5.54. The second-order valence-corrected chi connectivity index (χ2v) is 1.37. The number of unbranched alkanes of at least 4 members (excludes halogenated alkanes) is 1. The standard InChI is InChI=1S/C5H11FO/c1-2-3-4-7-5-6/h2-5H2,1H3. The highest BCUT2D eigenvalue weighted by Crippen LogP contribution is 1.86. The van der Waals surface area contributed by atoms with E-state index >= 15 is 0 Å². The Kier molecular flexibility index (Phi) is 5.80. The van der Waals surface area contributed by atoms with Crippen molar-refractivity contribution in [3.8, 4) is 0 Å². The molecule has 44 valence electrons. The van der Waals surface area contributed by atoms with Gasteiger partial charge in [-0.05, 0) is 6.42 Å². The Bertz CT molecular complexity index is 27.3. The van der Waals surface area contributed by atoms with Crippen LogP contribution in [0, 0.1) is 0 Å². The fraction of sp³-hybridized carbons (Fsp3) is 1.00. The van der Waals surface area contributed by atoms with Gasteiger partial charge in [0.2, 0.25) is 0 Å². The van der Waals surface area contributed by atoms with E-state index in [0.717, 1.165) is 12.8 Å². The summed E-state index contributed by atoms with van der Waals surface area (Å²) in [7, 11) is 0. The molecule has 0 aliphatic carbocycles. The van der Waals surface area contributed by atoms with Crippen LogP contribution in [0.5, 0.6) is 0 Å². The molecule has 0 saturated carbocycles. The monoisotopic (exact) mass is 106 g/mol. The molecule has 0 aliphatic heterocycles. The van der Waals surface area contributed by atoms with E-state index < -0.39 is 6.86 Å². The predicted molar refractivity (Wildman–Crippen MR) is 26.8 cm³/mol. The molecule has 7 heavy (non-hydrogen) atoms. The predicted octanol–water partition coefficient (Wildman–Crippen LogP) is 1.73. The van der Waals surface area contributed by atoms with Crippen molar-refractivity contribution in [2.45, 2.75) is 19.8 Å². The van der Waals surface area contributed by atoms with E-state index in [4.69, 9.17) is 0 Å². The highest BCUT2D eigenvalue weighted by Gasteiger charge is 1.80. The van der Waals surface area contributed by atoms with Crippen molar-refractivity contribution in [3.05, 3.63) is 0 Å². The molecule has 0 atom stereocenters. The fourth-order valence-corrected chi connectivity index (χ4v) is 0.301. The van der Waals surface area contributed by atoms with E-state index in [0.29, 0.717) is 6.61 Å². The van der Waals surface area contributed by atoms with Crippen LogP contribution >= 0.6 is 0 Å². The number of hydrogen-bond acceptors (Lipinski definition) is 1. The molecule has 0 fully saturated rings. The first-order valence-electron chi connectivity index (χ1n) is 2.55. The van der Waals surface area contributed by atoms with Crippen LogP contribution in [0.15, 0.2) is 0 Å². The second-order valence-electron chi connectivity index (χ2n) is 1.37. The van der Waals surface area contributed by atoms with Crippen LogP contribution in [0.2, 0.25) is 0 Å². The third-order valence-electron chi connectivity index (χ3n) is 0.719. The molecule has 0 saturated heterocycles. The summed E-state index contributed by atoms with van der Waals surface area (Å²) < 4.78 is 15.5. The van der Waals surface area contributed by atoms with Crippen molar-refractivity contribution < 1.29 is 9.13 Å². The highest BCUT2D eigenvalue weighted by atomic mass is 19.1. The third-order valence-corrected chi connectivity index (χ3v) is 0.719. The molecule has 0 amide bonds. The zero-order valence-electron chi connectivity index (χ0n) is 4.61. The van der Waals surface area contributed by atoms with Crippen LogP contribution in [0.25, 0.3) is 0 Å². The molecule has 0 radical (unpaired) electrons. The highest BCUT2D eigenvalue weighted by molar-refractivity contribution is 4.27. The normalized spacial score (nSPS) is 9.43. The summed E-state index contributed by atoms with van der Waals surface area (Å²) >= 11 is 0. The second kappa shape index (κ2) is 5.89. The lowest BCUT2D eigenvalue weighted by Crippen LogP contribution is -1.89. The third kappa shape index (κ3) is 5.89. The lowest BCUT2D eigenvalue weighted by Gasteiger charge is -1.92. The lowest BCUT2D eigenvalue weighted by atomic mass is 10.4. The van der Waals surface area contributed by atoms with Crippen molar-refractivity contribution in [1.29, 1.82) is 0 Å². The molecule has 0 rings (SSSR count). The summed E-state index contributed by atoms with van der Waals surface area (Å²) in [5.74, 6) is 0. The molecule has 0 aromatic heterocycles. The largest absolute Gasteiger partial charge is 0.350 e. The lowest BCUT2D eigenvalue weighted by molar-refractivity contribution is 0.0562. The van der Waals surface area contributed by atoms with E-state index in [9.17, 15) is 4.39 Å². The molecular weight excluding hydrogens is 95.1 g/mol. The maximum absolute atomic E-state index is 11.1. The molecule has 0 spiro atoms. The van der Waals surface area contributed by atoms with Gasteiger partial charge >= 0.3 is 0 Å². The first kappa shape index (κ1) is 6.89. The van der Waals surface area contributed by atoms with E-state index in [2.05, 4.69) is 4.74 Å². The van der Waals surface area contributed by atoms with Gasteiger partial charge in [0.15, 0.2) is 6.86 Å². The average Bonchev–Trinajstić information content (AvgIpc) is 1.69. The van der Waals surface area contributed by atoms with Gasteiger partial charge in [-0.2, -0.15) is 0 Å². The summed E-state index contributed by atoms with van der Waals surface area (Å²) in [4.78, 5) is 0. The molecule has 0 bridgehead atoms. The Hall–Kier alpha value is -0.110. The van der Waals surface area contributed by atoms with Gasteiger partial charge in [0.25, 0.3) is 0 Å². The van der Waals surface area contributed by atoms with Crippen LogP contribution in [0.1, 0.15) is 19.8 Å². The summed E-state index contributed by atoms with van der Waals surface area (Å²) in [5.41, 5.74) is 0. The molecular formula is C5H11FO. The number of alkyl halides is 1. The first-order valence-corrected chi connectivity index (χ1v) is 2.55. The minimum Gasteiger partial charge on any atom is -0.350 e. The van der Waals surface area contributed by atoms with Gasteiger partial charge in [-0.3, -0.25) is 0 Å². The van der Waals surface area contributed by atoms with E-state index in [-0.39, 0.29) is 0 Å². The Morgan fingerprint density at radius 1 is 1.57 bits per heavy atom. The van der Waals surface area contributed by atoms with Crippen LogP contribution in [-0.2, 0) is 4.74 Å². The minimum absolute atomic E-state index is 0.562. The van der Waals surface area contributed by atoms with Gasteiger partial charge in [0, 0.05) is 6.61 Å². The number of ether oxygens (including phenoxy) is 1. The molecule has 0 aromatic rings. The molecule has 0 N–H and O–H groups in total. The molecule has 0 aliphatic rings. The van der Waals surface area contributed by atoms with Crippen molar-refractivity contribution in [2.24, 2.45) is 0 Å². The Balaban J connectivity index is 2.45. The fourth-order valence-electron chi connectivity index (χ4n) is 0.301. The quantitative estimate of drug-likeness (QED) is 0.496. The maximum Gasteiger partial charge on any atom is 0.188 e. The van der Waals surface area contributed by atoms with Gasteiger partial charge in [-0.1, -0.05) is 13.3 Å². The first-order chi connectivity index (χ1) is 3.41. The molecule has 0 heterocycles. The van der Waals surface area contributed by atoms with Gasteiger partial charge < -0.3 is 4.74 Å². The Morgan fingerprint density at radius 3 is 2.71 bits per heavy atom. The molecule has 0 unspecified atom stereocenters. The average molecular weight is 106 g/mol. The van der Waals surface area contributed by atoms with Crippen molar-refractivity contribution >= 4 is 0 Å². The summed E-state index contributed by atoms with van der Waals surface area (Å²) in [6, 6.07) is 0.